The molecule has 36 heavy (non-hydrogen) atoms. The smallest absolute Gasteiger partial charge is 0.301 e. The molecule has 0 bridgehead atoms. The molecule has 0 aliphatic rings. The van der Waals surface area contributed by atoms with Crippen LogP contribution in [-0.4, -0.2) is 30.7 Å². The van der Waals surface area contributed by atoms with E-state index in [1.54, 1.807) is 29.3 Å². The molecule has 0 fully saturated rings. The Morgan fingerprint density at radius 2 is 1.58 bits per heavy atom. The summed E-state index contributed by atoms with van der Waals surface area (Å²) in [6, 6.07) is 19.3. The van der Waals surface area contributed by atoms with Crippen molar-refractivity contribution >= 4 is 34.7 Å². The van der Waals surface area contributed by atoms with Gasteiger partial charge in [-0.2, -0.15) is 0 Å². The second-order valence-corrected chi connectivity index (χ2v) is 7.29. The average molecular weight is 486 g/mol. The third kappa shape index (κ3) is 5.36. The normalized spacial score (nSPS) is 10.3. The van der Waals surface area contributed by atoms with Crippen LogP contribution in [0.5, 0.6) is 0 Å². The van der Waals surface area contributed by atoms with E-state index in [0.29, 0.717) is 5.82 Å². The highest BCUT2D eigenvalue weighted by molar-refractivity contribution is 5.95. The summed E-state index contributed by atoms with van der Waals surface area (Å²) >= 11 is 0. The Labute approximate surface area is 203 Å². The van der Waals surface area contributed by atoms with Crippen LogP contribution in [0.25, 0.3) is 0 Å². The van der Waals surface area contributed by atoms with Crippen LogP contribution >= 0.6 is 0 Å². The van der Waals surface area contributed by atoms with E-state index in [1.165, 1.54) is 24.3 Å². The molecule has 180 valence electrons. The predicted molar refractivity (Wildman–Crippen MR) is 129 cm³/mol. The summed E-state index contributed by atoms with van der Waals surface area (Å²) in [6.07, 6.45) is 2.69. The molecule has 0 spiro atoms. The van der Waals surface area contributed by atoms with Crippen LogP contribution in [0.15, 0.2) is 85.3 Å². The lowest BCUT2D eigenvalue weighted by Gasteiger charge is -2.23. The molecule has 13 nitrogen and oxygen atoms in total. The van der Waals surface area contributed by atoms with Gasteiger partial charge in [-0.15, -0.1) is 0 Å². The molecular weight excluding hydrogens is 468 g/mol. The van der Waals surface area contributed by atoms with Crippen LogP contribution in [0.3, 0.4) is 0 Å². The number of carbonyl (C=O) groups excluding carboxylic acids is 1. The zero-order valence-electron chi connectivity index (χ0n) is 18.5. The highest BCUT2D eigenvalue weighted by Crippen LogP contribution is 2.35. The number of carbonyl (C=O) groups is 1. The van der Waals surface area contributed by atoms with Gasteiger partial charge in [0.1, 0.15) is 12.1 Å². The van der Waals surface area contributed by atoms with E-state index in [1.807, 2.05) is 30.3 Å². The number of nitro benzene ring substituents is 1. The van der Waals surface area contributed by atoms with Crippen LogP contribution in [0.2, 0.25) is 0 Å². The molecule has 0 unspecified atom stereocenters. The molecular formula is C23H18N8O5. The molecule has 0 aliphatic carbocycles. The van der Waals surface area contributed by atoms with E-state index in [0.717, 1.165) is 11.9 Å². The number of nitro groups is 2. The standard InChI is InChI=1S/C23H18N8O5/c32-23(17-9-11-18(12-10-17)30(33)34)28-27-21-20(31(35)36)22(26-15-25-21)29(19-8-4-5-13-24-19)14-16-6-2-1-3-7-16/h1-13,15H,14H2,(H,28,32)(H,25,26,27). The van der Waals surface area contributed by atoms with Crippen LogP contribution in [0.1, 0.15) is 15.9 Å². The Balaban J connectivity index is 1.65. The van der Waals surface area contributed by atoms with Gasteiger partial charge in [-0.3, -0.25) is 35.9 Å². The van der Waals surface area contributed by atoms with Crippen molar-refractivity contribution in [3.05, 3.63) is 117 Å². The van der Waals surface area contributed by atoms with Gasteiger partial charge in [0.25, 0.3) is 11.6 Å². The molecule has 2 N–H and O–H groups in total. The number of hydrazine groups is 1. The minimum Gasteiger partial charge on any atom is -0.301 e. The third-order valence-electron chi connectivity index (χ3n) is 4.99. The van der Waals surface area contributed by atoms with Gasteiger partial charge < -0.3 is 4.90 Å². The number of nitrogens with one attached hydrogen (secondary N) is 2. The maximum absolute atomic E-state index is 12.5. The van der Waals surface area contributed by atoms with Gasteiger partial charge in [-0.25, -0.2) is 15.0 Å². The lowest BCUT2D eigenvalue weighted by Crippen LogP contribution is -2.30. The van der Waals surface area contributed by atoms with E-state index in [4.69, 9.17) is 0 Å². The van der Waals surface area contributed by atoms with Gasteiger partial charge >= 0.3 is 5.69 Å². The Kier molecular flexibility index (Phi) is 7.01. The minimum atomic E-state index is -0.676. The zero-order valence-corrected chi connectivity index (χ0v) is 18.5. The van der Waals surface area contributed by atoms with Crippen molar-refractivity contribution in [2.45, 2.75) is 6.54 Å². The number of anilines is 3. The zero-order chi connectivity index (χ0) is 25.5. The van der Waals surface area contributed by atoms with Crippen molar-refractivity contribution in [2.75, 3.05) is 10.3 Å². The highest BCUT2D eigenvalue weighted by atomic mass is 16.6. The number of amides is 1. The van der Waals surface area contributed by atoms with Crippen molar-refractivity contribution in [2.24, 2.45) is 0 Å². The summed E-state index contributed by atoms with van der Waals surface area (Å²) in [4.78, 5) is 48.1. The number of pyridine rings is 1. The second-order valence-electron chi connectivity index (χ2n) is 7.29. The number of hydrogen-bond donors (Lipinski definition) is 2. The summed E-state index contributed by atoms with van der Waals surface area (Å²) in [5.41, 5.74) is 5.09. The number of hydrogen-bond acceptors (Lipinski definition) is 10. The van der Waals surface area contributed by atoms with Crippen LogP contribution in [0.4, 0.5) is 28.8 Å². The summed E-state index contributed by atoms with van der Waals surface area (Å²) in [5.74, 6) is -0.548. The van der Waals surface area contributed by atoms with Gasteiger partial charge in [0, 0.05) is 23.9 Å². The van der Waals surface area contributed by atoms with Crippen LogP contribution < -0.4 is 15.8 Å². The molecule has 4 rings (SSSR count). The summed E-state index contributed by atoms with van der Waals surface area (Å²) in [5, 5.41) is 22.9. The topological polar surface area (TPSA) is 169 Å². The molecule has 0 saturated heterocycles. The molecule has 0 aliphatic heterocycles. The molecule has 4 aromatic rings. The predicted octanol–water partition coefficient (Wildman–Crippen LogP) is 3.78. The highest BCUT2D eigenvalue weighted by Gasteiger charge is 2.29. The molecule has 2 aromatic heterocycles. The van der Waals surface area contributed by atoms with E-state index >= 15 is 0 Å². The van der Waals surface area contributed by atoms with Gasteiger partial charge in [0.2, 0.25) is 11.6 Å². The first kappa shape index (κ1) is 23.7. The van der Waals surface area contributed by atoms with E-state index in [2.05, 4.69) is 25.8 Å². The van der Waals surface area contributed by atoms with E-state index in [-0.39, 0.29) is 29.4 Å². The fraction of sp³-hybridized carbons (Fsp3) is 0.0435. The lowest BCUT2D eigenvalue weighted by atomic mass is 10.2. The van der Waals surface area contributed by atoms with Crippen molar-refractivity contribution in [1.82, 2.24) is 20.4 Å². The first-order valence-electron chi connectivity index (χ1n) is 10.5. The van der Waals surface area contributed by atoms with Gasteiger partial charge in [0.15, 0.2) is 0 Å². The molecule has 13 heteroatoms. The van der Waals surface area contributed by atoms with Crippen molar-refractivity contribution in [3.63, 3.8) is 0 Å². The minimum absolute atomic E-state index is 0.0374. The van der Waals surface area contributed by atoms with Crippen molar-refractivity contribution < 1.29 is 14.6 Å². The molecule has 0 saturated carbocycles. The number of aromatic nitrogens is 3. The maximum atomic E-state index is 12.5. The quantitative estimate of drug-likeness (QED) is 0.262. The lowest BCUT2D eigenvalue weighted by molar-refractivity contribution is -0.384. The molecule has 0 atom stereocenters. The summed E-state index contributed by atoms with van der Waals surface area (Å²) in [7, 11) is 0. The van der Waals surface area contributed by atoms with Crippen molar-refractivity contribution in [1.29, 1.82) is 0 Å². The summed E-state index contributed by atoms with van der Waals surface area (Å²) in [6.45, 7) is 0.226. The fourth-order valence-corrected chi connectivity index (χ4v) is 3.29. The fourth-order valence-electron chi connectivity index (χ4n) is 3.29. The molecule has 2 aromatic carbocycles. The Morgan fingerprint density at radius 3 is 2.22 bits per heavy atom. The second kappa shape index (κ2) is 10.6. The first-order chi connectivity index (χ1) is 17.4. The number of non-ortho nitro benzene ring substituents is 1. The number of benzene rings is 2. The third-order valence-corrected chi connectivity index (χ3v) is 4.99. The van der Waals surface area contributed by atoms with Crippen molar-refractivity contribution in [3.8, 4) is 0 Å². The van der Waals surface area contributed by atoms with Crippen LogP contribution in [-0.2, 0) is 6.54 Å². The monoisotopic (exact) mass is 486 g/mol. The Bertz CT molecular complexity index is 1390. The van der Waals surface area contributed by atoms with Gasteiger partial charge in [-0.05, 0) is 29.8 Å². The van der Waals surface area contributed by atoms with E-state index < -0.39 is 21.4 Å². The molecule has 0 radical (unpaired) electrons. The first-order valence-corrected chi connectivity index (χ1v) is 10.5. The summed E-state index contributed by atoms with van der Waals surface area (Å²) < 4.78 is 0. The maximum Gasteiger partial charge on any atom is 0.355 e. The van der Waals surface area contributed by atoms with E-state index in [9.17, 15) is 25.0 Å². The number of nitrogens with zero attached hydrogens (tertiary/aromatic N) is 6. The average Bonchev–Trinajstić information content (AvgIpc) is 2.91. The largest absolute Gasteiger partial charge is 0.355 e. The molecule has 2 heterocycles. The molecule has 1 amide bonds. The van der Waals surface area contributed by atoms with Gasteiger partial charge in [0.05, 0.1) is 16.4 Å². The number of rotatable bonds is 9. The Morgan fingerprint density at radius 1 is 0.861 bits per heavy atom. The van der Waals surface area contributed by atoms with Crippen LogP contribution in [0, 0.1) is 20.2 Å². The van der Waals surface area contributed by atoms with Gasteiger partial charge in [-0.1, -0.05) is 36.4 Å². The Hall–Kier alpha value is -5.46. The SMILES string of the molecule is O=C(NNc1ncnc(N(Cc2ccccc2)c2ccccn2)c1[N+](=O)[O-])c1ccc([N+](=O)[O-])cc1.